The first-order valence-corrected chi connectivity index (χ1v) is 6.93. The van der Waals surface area contributed by atoms with Gasteiger partial charge in [0.2, 0.25) is 5.91 Å². The molecule has 0 saturated heterocycles. The zero-order chi connectivity index (χ0) is 16.6. The molecule has 2 amide bonds. The Balaban J connectivity index is 4.88. The third kappa shape index (κ3) is 8.06. The molecule has 0 aromatic heterocycles. The summed E-state index contributed by atoms with van der Waals surface area (Å²) < 4.78 is 5.07. The van der Waals surface area contributed by atoms with E-state index in [1.807, 2.05) is 6.92 Å². The van der Waals surface area contributed by atoms with Gasteiger partial charge in [0.05, 0.1) is 12.3 Å². The van der Waals surface area contributed by atoms with Crippen molar-refractivity contribution in [3.63, 3.8) is 0 Å². The van der Waals surface area contributed by atoms with Crippen LogP contribution in [0, 0.1) is 11.3 Å². The topological polar surface area (TPSA) is 122 Å². The highest BCUT2D eigenvalue weighted by Crippen LogP contribution is 2.15. The van der Waals surface area contributed by atoms with Crippen molar-refractivity contribution in [2.75, 3.05) is 0 Å². The Hall–Kier alpha value is -1.92. The van der Waals surface area contributed by atoms with Crippen LogP contribution >= 0.6 is 0 Å². The fourth-order valence-corrected chi connectivity index (χ4v) is 1.81. The fourth-order valence-electron chi connectivity index (χ4n) is 1.81. The van der Waals surface area contributed by atoms with Crippen LogP contribution in [0.4, 0.5) is 4.79 Å². The van der Waals surface area contributed by atoms with Gasteiger partial charge in [-0.2, -0.15) is 0 Å². The molecule has 120 valence electrons. The third-order valence-corrected chi connectivity index (χ3v) is 2.74. The van der Waals surface area contributed by atoms with Crippen molar-refractivity contribution in [1.29, 1.82) is 5.41 Å². The molecule has 0 heterocycles. The molecule has 21 heavy (non-hydrogen) atoms. The molecule has 0 aliphatic rings. The van der Waals surface area contributed by atoms with Gasteiger partial charge in [0.1, 0.15) is 5.60 Å². The molecule has 0 aliphatic heterocycles. The minimum atomic E-state index is -0.985. The van der Waals surface area contributed by atoms with Gasteiger partial charge in [-0.15, -0.1) is 0 Å². The van der Waals surface area contributed by atoms with Crippen molar-refractivity contribution in [1.82, 2.24) is 5.32 Å². The summed E-state index contributed by atoms with van der Waals surface area (Å²) in [5, 5.41) is 9.43. The zero-order valence-electron chi connectivity index (χ0n) is 13.1. The summed E-state index contributed by atoms with van der Waals surface area (Å²) in [5.41, 5.74) is 4.59. The summed E-state index contributed by atoms with van der Waals surface area (Å²) in [5.74, 6) is -1.65. The monoisotopic (exact) mass is 299 g/mol. The first-order chi connectivity index (χ1) is 9.60. The molecule has 0 radical (unpaired) electrons. The average Bonchev–Trinajstić information content (AvgIpc) is 2.33. The van der Waals surface area contributed by atoms with E-state index in [-0.39, 0.29) is 6.42 Å². The second kappa shape index (κ2) is 8.39. The van der Waals surface area contributed by atoms with Gasteiger partial charge in [0.25, 0.3) is 0 Å². The predicted octanol–water partition coefficient (Wildman–Crippen LogP) is 1.39. The summed E-state index contributed by atoms with van der Waals surface area (Å²) in [6, 6.07) is -0.985. The van der Waals surface area contributed by atoms with Crippen LogP contribution in [-0.4, -0.2) is 35.6 Å². The van der Waals surface area contributed by atoms with Crippen molar-refractivity contribution >= 4 is 24.0 Å². The Morgan fingerprint density at radius 2 is 1.90 bits per heavy atom. The van der Waals surface area contributed by atoms with E-state index in [0.717, 1.165) is 6.42 Å². The molecule has 2 atom stereocenters. The molecule has 0 rings (SSSR count). The molecular formula is C14H25N3O4. The minimum Gasteiger partial charge on any atom is -0.444 e. The fraction of sp³-hybridized carbons (Fsp3) is 0.714. The number of carbonyl (C=O) groups excluding carboxylic acids is 3. The molecule has 0 saturated carbocycles. The van der Waals surface area contributed by atoms with Crippen molar-refractivity contribution < 1.29 is 19.1 Å². The lowest BCUT2D eigenvalue weighted by atomic mass is 9.93. The second-order valence-electron chi connectivity index (χ2n) is 5.87. The van der Waals surface area contributed by atoms with E-state index in [1.54, 1.807) is 20.8 Å². The number of nitrogens with one attached hydrogen (secondary N) is 2. The SMILES string of the molecule is CCC[C@@H](C[C@H](NC(=O)OC(C)(C)C)C(=O)C=N)C(N)=O. The second-order valence-corrected chi connectivity index (χ2v) is 5.87. The summed E-state index contributed by atoms with van der Waals surface area (Å²) >= 11 is 0. The Bertz CT molecular complexity index is 402. The third-order valence-electron chi connectivity index (χ3n) is 2.74. The number of rotatable bonds is 8. The smallest absolute Gasteiger partial charge is 0.408 e. The van der Waals surface area contributed by atoms with Gasteiger partial charge in [-0.25, -0.2) is 4.79 Å². The van der Waals surface area contributed by atoms with Crippen molar-refractivity contribution in [3.05, 3.63) is 0 Å². The number of nitrogens with two attached hydrogens (primary N) is 1. The highest BCUT2D eigenvalue weighted by atomic mass is 16.6. The summed E-state index contributed by atoms with van der Waals surface area (Å²) in [6.07, 6.45) is 1.17. The molecule has 7 heteroatoms. The molecule has 0 aliphatic carbocycles. The lowest BCUT2D eigenvalue weighted by Crippen LogP contribution is -2.46. The van der Waals surface area contributed by atoms with Crippen molar-refractivity contribution in [2.45, 2.75) is 58.6 Å². The van der Waals surface area contributed by atoms with Crippen molar-refractivity contribution in [3.8, 4) is 0 Å². The first kappa shape index (κ1) is 19.1. The quantitative estimate of drug-likeness (QED) is 0.586. The molecule has 7 nitrogen and oxygen atoms in total. The molecular weight excluding hydrogens is 274 g/mol. The van der Waals surface area contributed by atoms with Crippen LogP contribution in [0.1, 0.15) is 47.0 Å². The first-order valence-electron chi connectivity index (χ1n) is 6.93. The Kier molecular flexibility index (Phi) is 7.62. The number of hydrogen-bond donors (Lipinski definition) is 3. The predicted molar refractivity (Wildman–Crippen MR) is 79.2 cm³/mol. The van der Waals surface area contributed by atoms with Gasteiger partial charge in [-0.1, -0.05) is 13.3 Å². The Labute approximate surface area is 125 Å². The molecule has 0 bridgehead atoms. The summed E-state index contributed by atoms with van der Waals surface area (Å²) in [7, 11) is 0. The van der Waals surface area contributed by atoms with Crippen LogP contribution in [0.5, 0.6) is 0 Å². The highest BCUT2D eigenvalue weighted by Gasteiger charge is 2.27. The van der Waals surface area contributed by atoms with E-state index < -0.39 is 35.3 Å². The highest BCUT2D eigenvalue weighted by molar-refractivity contribution is 6.29. The van der Waals surface area contributed by atoms with Gasteiger partial charge < -0.3 is 21.2 Å². The Morgan fingerprint density at radius 3 is 2.29 bits per heavy atom. The molecule has 0 aromatic carbocycles. The number of carbonyl (C=O) groups is 3. The number of hydrogen-bond acceptors (Lipinski definition) is 5. The van der Waals surface area contributed by atoms with E-state index in [4.69, 9.17) is 15.9 Å². The number of ether oxygens (including phenoxy) is 1. The zero-order valence-corrected chi connectivity index (χ0v) is 13.1. The summed E-state index contributed by atoms with van der Waals surface area (Å²) in [4.78, 5) is 34.8. The van der Waals surface area contributed by atoms with Crippen LogP contribution < -0.4 is 11.1 Å². The van der Waals surface area contributed by atoms with E-state index in [2.05, 4.69) is 5.32 Å². The number of amides is 2. The molecule has 4 N–H and O–H groups in total. The van der Waals surface area contributed by atoms with Gasteiger partial charge >= 0.3 is 6.09 Å². The van der Waals surface area contributed by atoms with Crippen LogP contribution in [0.2, 0.25) is 0 Å². The number of primary amides is 1. The lowest BCUT2D eigenvalue weighted by Gasteiger charge is -2.24. The number of alkyl carbamates (subject to hydrolysis) is 1. The number of Topliss-reactive ketones (excluding diaryl/α,β-unsaturated/α-hetero) is 1. The van der Waals surface area contributed by atoms with Crippen LogP contribution in [0.25, 0.3) is 0 Å². The van der Waals surface area contributed by atoms with Crippen LogP contribution in [-0.2, 0) is 14.3 Å². The molecule has 0 fully saturated rings. The van der Waals surface area contributed by atoms with Crippen LogP contribution in [0.15, 0.2) is 0 Å². The Morgan fingerprint density at radius 1 is 1.33 bits per heavy atom. The molecule has 0 spiro atoms. The van der Waals surface area contributed by atoms with E-state index >= 15 is 0 Å². The maximum atomic E-state index is 11.7. The maximum Gasteiger partial charge on any atom is 0.408 e. The molecule has 0 aromatic rings. The van der Waals surface area contributed by atoms with E-state index in [1.165, 1.54) is 0 Å². The van der Waals surface area contributed by atoms with Gasteiger partial charge in [0.15, 0.2) is 5.78 Å². The largest absolute Gasteiger partial charge is 0.444 e. The lowest BCUT2D eigenvalue weighted by molar-refractivity contribution is -0.123. The summed E-state index contributed by atoms with van der Waals surface area (Å²) in [6.45, 7) is 6.99. The normalized spacial score (nSPS) is 13.9. The van der Waals surface area contributed by atoms with Gasteiger partial charge in [-0.05, 0) is 33.6 Å². The minimum absolute atomic E-state index is 0.0661. The van der Waals surface area contributed by atoms with E-state index in [0.29, 0.717) is 12.6 Å². The van der Waals surface area contributed by atoms with Gasteiger partial charge in [-0.3, -0.25) is 9.59 Å². The standard InChI is InChI=1S/C14H25N3O4/c1-5-6-9(12(16)19)7-10(11(18)8-15)17-13(20)21-14(2,3)4/h8-10,15H,5-7H2,1-4H3,(H2,16,19)(H,17,20)/t9-,10-/m0/s1. The van der Waals surface area contributed by atoms with Crippen molar-refractivity contribution in [2.24, 2.45) is 11.7 Å². The maximum absolute atomic E-state index is 11.7. The molecule has 0 unspecified atom stereocenters. The average molecular weight is 299 g/mol. The van der Waals surface area contributed by atoms with Gasteiger partial charge in [0, 0.05) is 5.92 Å². The van der Waals surface area contributed by atoms with E-state index in [9.17, 15) is 14.4 Å². The van der Waals surface area contributed by atoms with Crippen LogP contribution in [0.3, 0.4) is 0 Å². The number of ketones is 1.